The van der Waals surface area contributed by atoms with Crippen LogP contribution < -0.4 is 14.4 Å². The highest BCUT2D eigenvalue weighted by Crippen LogP contribution is 2.27. The minimum atomic E-state index is -3.92. The predicted octanol–water partition coefficient (Wildman–Crippen LogP) is 4.56. The van der Waals surface area contributed by atoms with Crippen molar-refractivity contribution in [1.29, 1.82) is 0 Å². The third-order valence-electron chi connectivity index (χ3n) is 5.64. The van der Waals surface area contributed by atoms with Gasteiger partial charge in [-0.3, -0.25) is 9.10 Å². The highest BCUT2D eigenvalue weighted by molar-refractivity contribution is 7.92. The van der Waals surface area contributed by atoms with E-state index in [-0.39, 0.29) is 17.3 Å². The third-order valence-corrected chi connectivity index (χ3v) is 7.41. The van der Waals surface area contributed by atoms with Gasteiger partial charge in [-0.1, -0.05) is 47.5 Å². The molecular formula is C27H32N2O4S. The molecule has 0 saturated carbocycles. The SMILES string of the molecule is COc1ccc(CCCNC(=O)CN(c2ccc(C)cc2C)S(=O)(=O)c2ccc(C)cc2)cc1. The van der Waals surface area contributed by atoms with Gasteiger partial charge >= 0.3 is 0 Å². The van der Waals surface area contributed by atoms with Crippen molar-refractivity contribution in [2.45, 2.75) is 38.5 Å². The number of nitrogens with zero attached hydrogens (tertiary/aromatic N) is 1. The fraction of sp³-hybridized carbons (Fsp3) is 0.296. The zero-order valence-electron chi connectivity index (χ0n) is 20.2. The maximum absolute atomic E-state index is 13.5. The number of nitrogens with one attached hydrogen (secondary N) is 1. The number of hydrogen-bond acceptors (Lipinski definition) is 4. The number of carbonyl (C=O) groups is 1. The number of rotatable bonds is 10. The first-order chi connectivity index (χ1) is 16.2. The molecule has 3 aromatic carbocycles. The number of benzene rings is 3. The second kappa shape index (κ2) is 11.2. The summed E-state index contributed by atoms with van der Waals surface area (Å²) in [7, 11) is -2.29. The van der Waals surface area contributed by atoms with Crippen LogP contribution in [0.1, 0.15) is 28.7 Å². The van der Waals surface area contributed by atoms with Crippen LogP contribution in [0.3, 0.4) is 0 Å². The van der Waals surface area contributed by atoms with Crippen molar-refractivity contribution in [2.75, 3.05) is 24.5 Å². The lowest BCUT2D eigenvalue weighted by Crippen LogP contribution is -2.41. The Balaban J connectivity index is 1.71. The Hall–Kier alpha value is -3.32. The Bertz CT molecular complexity index is 1220. The fourth-order valence-electron chi connectivity index (χ4n) is 3.72. The van der Waals surface area contributed by atoms with E-state index in [0.29, 0.717) is 12.2 Å². The molecule has 0 atom stereocenters. The van der Waals surface area contributed by atoms with E-state index in [9.17, 15) is 13.2 Å². The second-order valence-electron chi connectivity index (χ2n) is 8.42. The van der Waals surface area contributed by atoms with Crippen LogP contribution in [-0.2, 0) is 21.2 Å². The van der Waals surface area contributed by atoms with E-state index in [2.05, 4.69) is 5.32 Å². The van der Waals surface area contributed by atoms with Gasteiger partial charge in [-0.05, 0) is 75.1 Å². The Labute approximate surface area is 202 Å². The molecule has 0 spiro atoms. The molecule has 0 bridgehead atoms. The predicted molar refractivity (Wildman–Crippen MR) is 136 cm³/mol. The van der Waals surface area contributed by atoms with Gasteiger partial charge in [-0.2, -0.15) is 0 Å². The van der Waals surface area contributed by atoms with E-state index in [1.165, 1.54) is 4.31 Å². The molecule has 0 aromatic heterocycles. The van der Waals surface area contributed by atoms with Gasteiger partial charge in [0.25, 0.3) is 10.0 Å². The molecule has 1 N–H and O–H groups in total. The maximum atomic E-state index is 13.5. The van der Waals surface area contributed by atoms with Crippen LogP contribution in [0.2, 0.25) is 0 Å². The lowest BCUT2D eigenvalue weighted by molar-refractivity contribution is -0.119. The minimum absolute atomic E-state index is 0.158. The van der Waals surface area contributed by atoms with Crippen LogP contribution in [0, 0.1) is 20.8 Å². The molecule has 0 radical (unpaired) electrons. The molecule has 1 amide bonds. The molecule has 34 heavy (non-hydrogen) atoms. The Kier molecular flexibility index (Phi) is 8.34. The summed E-state index contributed by atoms with van der Waals surface area (Å²) < 4.78 is 33.4. The third kappa shape index (κ3) is 6.38. The number of methoxy groups -OCH3 is 1. The largest absolute Gasteiger partial charge is 0.497 e. The van der Waals surface area contributed by atoms with Gasteiger partial charge in [0.2, 0.25) is 5.91 Å². The summed E-state index contributed by atoms with van der Waals surface area (Å²) in [6.45, 7) is 5.87. The summed E-state index contributed by atoms with van der Waals surface area (Å²) >= 11 is 0. The number of anilines is 1. The van der Waals surface area contributed by atoms with E-state index in [4.69, 9.17) is 4.74 Å². The second-order valence-corrected chi connectivity index (χ2v) is 10.3. The van der Waals surface area contributed by atoms with Gasteiger partial charge in [0.1, 0.15) is 12.3 Å². The fourth-order valence-corrected chi connectivity index (χ4v) is 5.21. The average Bonchev–Trinajstić information content (AvgIpc) is 2.81. The monoisotopic (exact) mass is 480 g/mol. The smallest absolute Gasteiger partial charge is 0.264 e. The summed E-state index contributed by atoms with van der Waals surface area (Å²) in [5, 5.41) is 2.87. The Morgan fingerprint density at radius 2 is 1.56 bits per heavy atom. The first-order valence-electron chi connectivity index (χ1n) is 11.3. The van der Waals surface area contributed by atoms with Crippen molar-refractivity contribution in [3.63, 3.8) is 0 Å². The van der Waals surface area contributed by atoms with E-state index in [1.807, 2.05) is 57.2 Å². The number of ether oxygens (including phenoxy) is 1. The van der Waals surface area contributed by atoms with Gasteiger partial charge in [0.15, 0.2) is 0 Å². The molecule has 7 heteroatoms. The molecule has 0 saturated heterocycles. The first kappa shape index (κ1) is 25.3. The number of amides is 1. The topological polar surface area (TPSA) is 75.7 Å². The van der Waals surface area contributed by atoms with Gasteiger partial charge in [-0.15, -0.1) is 0 Å². The molecule has 0 unspecified atom stereocenters. The zero-order valence-corrected chi connectivity index (χ0v) is 21.0. The molecular weight excluding hydrogens is 448 g/mol. The maximum Gasteiger partial charge on any atom is 0.264 e. The van der Waals surface area contributed by atoms with E-state index in [0.717, 1.165) is 40.8 Å². The zero-order chi connectivity index (χ0) is 24.7. The normalized spacial score (nSPS) is 11.2. The summed E-state index contributed by atoms with van der Waals surface area (Å²) in [5.41, 5.74) is 4.43. The quantitative estimate of drug-likeness (QED) is 0.432. The first-order valence-corrected chi connectivity index (χ1v) is 12.7. The molecule has 0 fully saturated rings. The molecule has 3 rings (SSSR count). The van der Waals surface area contributed by atoms with Crippen molar-refractivity contribution in [1.82, 2.24) is 5.32 Å². The van der Waals surface area contributed by atoms with Gasteiger partial charge < -0.3 is 10.1 Å². The van der Waals surface area contributed by atoms with Crippen LogP contribution in [0.25, 0.3) is 0 Å². The minimum Gasteiger partial charge on any atom is -0.497 e. The highest BCUT2D eigenvalue weighted by atomic mass is 32.2. The van der Waals surface area contributed by atoms with Crippen LogP contribution in [0.15, 0.2) is 71.6 Å². The molecule has 3 aromatic rings. The van der Waals surface area contributed by atoms with Crippen molar-refractivity contribution >= 4 is 21.6 Å². The van der Waals surface area contributed by atoms with Crippen LogP contribution in [0.4, 0.5) is 5.69 Å². The molecule has 180 valence electrons. The van der Waals surface area contributed by atoms with Crippen molar-refractivity contribution < 1.29 is 17.9 Å². The van der Waals surface area contributed by atoms with Crippen LogP contribution in [0.5, 0.6) is 5.75 Å². The van der Waals surface area contributed by atoms with E-state index < -0.39 is 10.0 Å². The average molecular weight is 481 g/mol. The van der Waals surface area contributed by atoms with Crippen LogP contribution >= 0.6 is 0 Å². The van der Waals surface area contributed by atoms with E-state index >= 15 is 0 Å². The van der Waals surface area contributed by atoms with Crippen molar-refractivity contribution in [3.8, 4) is 5.75 Å². The summed E-state index contributed by atoms with van der Waals surface area (Å²) in [5.74, 6) is 0.462. The molecule has 0 aliphatic carbocycles. The summed E-state index contributed by atoms with van der Waals surface area (Å²) in [6, 6.07) is 20.0. The van der Waals surface area contributed by atoms with Crippen molar-refractivity contribution in [3.05, 3.63) is 89.0 Å². The lowest BCUT2D eigenvalue weighted by Gasteiger charge is -2.26. The summed E-state index contributed by atoms with van der Waals surface area (Å²) in [6.07, 6.45) is 1.54. The van der Waals surface area contributed by atoms with E-state index in [1.54, 1.807) is 37.4 Å². The molecule has 0 aliphatic rings. The number of sulfonamides is 1. The standard InChI is InChI=1S/C27H32N2O4S/c1-20-7-14-25(15-8-20)34(31,32)29(26-16-9-21(2)18-22(26)3)19-27(30)28-17-5-6-23-10-12-24(33-4)13-11-23/h7-16,18H,5-6,17,19H2,1-4H3,(H,28,30). The number of hydrogen-bond donors (Lipinski definition) is 1. The van der Waals surface area contributed by atoms with Crippen molar-refractivity contribution in [2.24, 2.45) is 0 Å². The lowest BCUT2D eigenvalue weighted by atomic mass is 10.1. The van der Waals surface area contributed by atoms with Crippen LogP contribution in [-0.4, -0.2) is 34.5 Å². The molecule has 0 aliphatic heterocycles. The highest BCUT2D eigenvalue weighted by Gasteiger charge is 2.28. The molecule has 0 heterocycles. The number of carbonyl (C=O) groups excluding carboxylic acids is 1. The van der Waals surface area contributed by atoms with Gasteiger partial charge in [0.05, 0.1) is 17.7 Å². The Morgan fingerprint density at radius 1 is 0.912 bits per heavy atom. The Morgan fingerprint density at radius 3 is 2.18 bits per heavy atom. The summed E-state index contributed by atoms with van der Waals surface area (Å²) in [4.78, 5) is 13.0. The van der Waals surface area contributed by atoms with Gasteiger partial charge in [-0.25, -0.2) is 8.42 Å². The van der Waals surface area contributed by atoms with Gasteiger partial charge in [0, 0.05) is 6.54 Å². The number of aryl methyl sites for hydroxylation is 4. The molecule has 6 nitrogen and oxygen atoms in total.